The fourth-order valence-corrected chi connectivity index (χ4v) is 7.78. The number of hydrogen-bond acceptors (Lipinski definition) is 2. The second-order valence-electron chi connectivity index (χ2n) is 14.0. The van der Waals surface area contributed by atoms with Crippen LogP contribution in [0, 0.1) is 6.92 Å². The van der Waals surface area contributed by atoms with Crippen LogP contribution in [0.5, 0.6) is 5.75 Å². The van der Waals surface area contributed by atoms with Crippen LogP contribution < -0.4 is 10.0 Å². The average molecular weight is 606 g/mol. The van der Waals surface area contributed by atoms with E-state index >= 15 is 0 Å². The molecular formula is C41H52NOP. The Morgan fingerprint density at radius 3 is 1.86 bits per heavy atom. The first-order valence-electron chi connectivity index (χ1n) is 16.1. The van der Waals surface area contributed by atoms with Gasteiger partial charge in [-0.2, -0.15) is 0 Å². The highest BCUT2D eigenvalue weighted by Crippen LogP contribution is 2.54. The van der Waals surface area contributed by atoms with Crippen molar-refractivity contribution in [3.05, 3.63) is 130 Å². The van der Waals surface area contributed by atoms with Gasteiger partial charge in [-0.3, -0.25) is 4.99 Å². The first-order valence-corrected chi connectivity index (χ1v) is 17.1. The third-order valence-electron chi connectivity index (χ3n) is 8.87. The largest absolute Gasteiger partial charge is 0.488 e. The van der Waals surface area contributed by atoms with Crippen molar-refractivity contribution in [1.29, 1.82) is 0 Å². The van der Waals surface area contributed by atoms with E-state index in [-0.39, 0.29) is 16.0 Å². The van der Waals surface area contributed by atoms with Gasteiger partial charge in [0, 0.05) is 34.5 Å². The van der Waals surface area contributed by atoms with Crippen molar-refractivity contribution >= 4 is 19.6 Å². The summed E-state index contributed by atoms with van der Waals surface area (Å²) >= 11 is 0. The van der Waals surface area contributed by atoms with Gasteiger partial charge in [0.15, 0.2) is 0 Å². The van der Waals surface area contributed by atoms with Crippen LogP contribution in [-0.4, -0.2) is 12.8 Å². The summed E-state index contributed by atoms with van der Waals surface area (Å²) in [7, 11) is 2.47. The second-order valence-corrected chi connectivity index (χ2v) is 15.7. The van der Waals surface area contributed by atoms with Gasteiger partial charge in [0.05, 0.1) is 5.71 Å². The Hall–Kier alpha value is -3.22. The Morgan fingerprint density at radius 1 is 0.727 bits per heavy atom. The number of benzene rings is 4. The molecule has 3 heteroatoms. The number of ether oxygens (including phenoxy) is 1. The van der Waals surface area contributed by atoms with E-state index in [9.17, 15) is 0 Å². The van der Waals surface area contributed by atoms with E-state index in [1.807, 2.05) is 7.05 Å². The monoisotopic (exact) mass is 605 g/mol. The van der Waals surface area contributed by atoms with Crippen molar-refractivity contribution in [3.8, 4) is 5.75 Å². The quantitative estimate of drug-likeness (QED) is 0.130. The molecule has 0 aliphatic heterocycles. The van der Waals surface area contributed by atoms with Crippen molar-refractivity contribution < 1.29 is 4.74 Å². The SMILES string of the molecule is CCC(CC)(Pc1c(C)cccc1/C(=N/C)c1ccccc1)c1cc(C(C)(C)C)cc(C(C)(C)C)c1OCc1ccccc1. The average Bonchev–Trinajstić information content (AvgIpc) is 3.00. The molecule has 0 amide bonds. The smallest absolute Gasteiger partial charge is 0.127 e. The molecule has 0 spiro atoms. The molecule has 4 rings (SSSR count). The van der Waals surface area contributed by atoms with E-state index in [0.29, 0.717) is 15.2 Å². The lowest BCUT2D eigenvalue weighted by Crippen LogP contribution is -2.29. The summed E-state index contributed by atoms with van der Waals surface area (Å²) in [6.45, 7) is 21.5. The normalized spacial score (nSPS) is 13.1. The minimum absolute atomic E-state index is 0.00617. The molecule has 0 saturated heterocycles. The number of aryl methyl sites for hydroxylation is 1. The second kappa shape index (κ2) is 13.8. The predicted molar refractivity (Wildman–Crippen MR) is 194 cm³/mol. The standard InChI is InChI=1S/C41H52NOP/c1-11-41(12-2,44-38-29(3)20-19-25-33(38)36(42-10)31-23-17-14-18-24-31)35-27-32(39(4,5)6)26-34(40(7,8)9)37(35)43-28-30-21-15-13-16-22-30/h13-27,44H,11-12,28H2,1-10H3/b42-36+. The Bertz CT molecular complexity index is 1570. The first-order chi connectivity index (χ1) is 20.8. The van der Waals surface area contributed by atoms with Crippen LogP contribution in [0.4, 0.5) is 0 Å². The zero-order valence-electron chi connectivity index (χ0n) is 28.6. The van der Waals surface area contributed by atoms with Crippen molar-refractivity contribution in [3.63, 3.8) is 0 Å². The van der Waals surface area contributed by atoms with E-state index in [4.69, 9.17) is 9.73 Å². The van der Waals surface area contributed by atoms with Crippen LogP contribution in [0.2, 0.25) is 0 Å². The summed E-state index contributed by atoms with van der Waals surface area (Å²) in [5, 5.41) is 1.29. The zero-order valence-corrected chi connectivity index (χ0v) is 29.6. The van der Waals surface area contributed by atoms with Crippen molar-refractivity contribution in [2.24, 2.45) is 4.99 Å². The Labute approximate surface area is 269 Å². The molecule has 0 radical (unpaired) electrons. The number of aliphatic imine (C=N–C) groups is 1. The van der Waals surface area contributed by atoms with Gasteiger partial charge in [-0.05, 0) is 52.6 Å². The Kier molecular flexibility index (Phi) is 10.6. The summed E-state index contributed by atoms with van der Waals surface area (Å²) in [6.07, 6.45) is 2.02. The first kappa shape index (κ1) is 33.7. The highest BCUT2D eigenvalue weighted by molar-refractivity contribution is 7.49. The van der Waals surface area contributed by atoms with E-state index in [0.717, 1.165) is 29.9 Å². The lowest BCUT2D eigenvalue weighted by molar-refractivity contribution is 0.289. The summed E-state index contributed by atoms with van der Waals surface area (Å²) in [4.78, 5) is 4.85. The van der Waals surface area contributed by atoms with Crippen LogP contribution >= 0.6 is 8.58 Å². The molecule has 1 unspecified atom stereocenters. The van der Waals surface area contributed by atoms with Crippen LogP contribution in [-0.2, 0) is 22.6 Å². The van der Waals surface area contributed by atoms with Crippen molar-refractivity contribution in [1.82, 2.24) is 0 Å². The van der Waals surface area contributed by atoms with Gasteiger partial charge >= 0.3 is 0 Å². The summed E-state index contributed by atoms with van der Waals surface area (Å²) in [5.41, 5.74) is 9.87. The molecule has 44 heavy (non-hydrogen) atoms. The van der Waals surface area contributed by atoms with Gasteiger partial charge in [-0.15, -0.1) is 0 Å². The molecule has 0 saturated carbocycles. The van der Waals surface area contributed by atoms with Crippen LogP contribution in [0.3, 0.4) is 0 Å². The molecule has 4 aromatic carbocycles. The van der Waals surface area contributed by atoms with E-state index in [1.54, 1.807) is 0 Å². The van der Waals surface area contributed by atoms with Gasteiger partial charge in [0.2, 0.25) is 0 Å². The third kappa shape index (κ3) is 7.35. The van der Waals surface area contributed by atoms with Crippen molar-refractivity contribution in [2.75, 3.05) is 7.05 Å². The number of rotatable bonds is 10. The third-order valence-corrected chi connectivity index (χ3v) is 11.2. The van der Waals surface area contributed by atoms with Crippen LogP contribution in [0.25, 0.3) is 0 Å². The molecule has 0 aliphatic rings. The summed E-state index contributed by atoms with van der Waals surface area (Å²) in [5.74, 6) is 1.06. The Balaban J connectivity index is 1.98. The fraction of sp³-hybridized carbons (Fsp3) is 0.390. The van der Waals surface area contributed by atoms with Gasteiger partial charge in [0.1, 0.15) is 12.4 Å². The minimum atomic E-state index is -0.107. The molecule has 2 nitrogen and oxygen atoms in total. The maximum Gasteiger partial charge on any atom is 0.127 e. The van der Waals surface area contributed by atoms with Gasteiger partial charge < -0.3 is 4.74 Å². The molecule has 0 heterocycles. The van der Waals surface area contributed by atoms with Crippen molar-refractivity contribution in [2.45, 2.75) is 97.7 Å². The number of hydrogen-bond donors (Lipinski definition) is 0. The summed E-state index contributed by atoms with van der Waals surface area (Å²) < 4.78 is 6.98. The molecule has 232 valence electrons. The van der Waals surface area contributed by atoms with Gasteiger partial charge in [0.25, 0.3) is 0 Å². The lowest BCUT2D eigenvalue weighted by atomic mass is 9.76. The van der Waals surface area contributed by atoms with E-state index < -0.39 is 0 Å². The molecule has 0 bridgehead atoms. The number of nitrogens with zero attached hydrogens (tertiary/aromatic N) is 1. The maximum atomic E-state index is 6.98. The van der Waals surface area contributed by atoms with E-state index in [2.05, 4.69) is 153 Å². The summed E-state index contributed by atoms with van der Waals surface area (Å²) in [6, 6.07) is 32.8. The Morgan fingerprint density at radius 2 is 1.32 bits per heavy atom. The highest BCUT2D eigenvalue weighted by atomic mass is 31.1. The molecular weight excluding hydrogens is 553 g/mol. The predicted octanol–water partition coefficient (Wildman–Crippen LogP) is 10.7. The van der Waals surface area contributed by atoms with Gasteiger partial charge in [-0.25, -0.2) is 0 Å². The van der Waals surface area contributed by atoms with Crippen LogP contribution in [0.15, 0.2) is 96.0 Å². The molecule has 0 N–H and O–H groups in total. The van der Waals surface area contributed by atoms with Crippen LogP contribution in [0.1, 0.15) is 107 Å². The highest BCUT2D eigenvalue weighted by Gasteiger charge is 2.37. The molecule has 0 aromatic heterocycles. The molecule has 0 aliphatic carbocycles. The fourth-order valence-electron chi connectivity index (χ4n) is 6.01. The zero-order chi connectivity index (χ0) is 32.1. The maximum absolute atomic E-state index is 6.98. The minimum Gasteiger partial charge on any atom is -0.488 e. The topological polar surface area (TPSA) is 21.6 Å². The molecule has 4 aromatic rings. The molecule has 1 atom stereocenters. The van der Waals surface area contributed by atoms with E-state index in [1.165, 1.54) is 38.7 Å². The van der Waals surface area contributed by atoms with Gasteiger partial charge in [-0.1, -0.05) is 155 Å². The lowest BCUT2D eigenvalue weighted by Gasteiger charge is -2.39. The molecule has 0 fully saturated rings.